The summed E-state index contributed by atoms with van der Waals surface area (Å²) in [6, 6.07) is 22.6. The van der Waals surface area contributed by atoms with E-state index < -0.39 is 0 Å². The fraction of sp³-hybridized carbons (Fsp3) is 0.217. The molecular formula is C23H24O. The van der Waals surface area contributed by atoms with Crippen LogP contribution in [0.5, 0.6) is 5.75 Å². The largest absolute Gasteiger partial charge is 0.507 e. The third-order valence-electron chi connectivity index (χ3n) is 4.40. The molecule has 0 saturated heterocycles. The Hall–Kier alpha value is -2.54. The Morgan fingerprint density at radius 2 is 1.25 bits per heavy atom. The van der Waals surface area contributed by atoms with E-state index in [1.54, 1.807) is 0 Å². The molecule has 0 unspecified atom stereocenters. The first-order valence-corrected chi connectivity index (χ1v) is 8.36. The first kappa shape index (κ1) is 16.3. The van der Waals surface area contributed by atoms with Gasteiger partial charge in [-0.05, 0) is 29.0 Å². The lowest BCUT2D eigenvalue weighted by atomic mass is 9.85. The van der Waals surface area contributed by atoms with E-state index >= 15 is 0 Å². The van der Waals surface area contributed by atoms with E-state index in [1.165, 1.54) is 11.1 Å². The highest BCUT2D eigenvalue weighted by molar-refractivity contribution is 5.82. The van der Waals surface area contributed by atoms with Crippen LogP contribution in [-0.4, -0.2) is 5.11 Å². The van der Waals surface area contributed by atoms with E-state index in [4.69, 9.17) is 0 Å². The van der Waals surface area contributed by atoms with Gasteiger partial charge in [0.25, 0.3) is 0 Å². The molecule has 0 bridgehead atoms. The van der Waals surface area contributed by atoms with E-state index in [1.807, 2.05) is 30.3 Å². The van der Waals surface area contributed by atoms with Crippen LogP contribution in [0.3, 0.4) is 0 Å². The summed E-state index contributed by atoms with van der Waals surface area (Å²) >= 11 is 0. The van der Waals surface area contributed by atoms with Crippen molar-refractivity contribution in [1.29, 1.82) is 0 Å². The summed E-state index contributed by atoms with van der Waals surface area (Å²) in [7, 11) is 0. The number of aromatic hydroxyl groups is 1. The maximum atomic E-state index is 10.9. The van der Waals surface area contributed by atoms with Crippen LogP contribution in [0.4, 0.5) is 0 Å². The van der Waals surface area contributed by atoms with Gasteiger partial charge in [-0.25, -0.2) is 0 Å². The highest BCUT2D eigenvalue weighted by Gasteiger charge is 2.16. The molecule has 0 fully saturated rings. The van der Waals surface area contributed by atoms with E-state index in [-0.39, 0.29) is 5.41 Å². The molecule has 0 heterocycles. The molecule has 3 aromatic carbocycles. The number of para-hydroxylation sites is 1. The van der Waals surface area contributed by atoms with Gasteiger partial charge in [0.1, 0.15) is 5.75 Å². The first-order valence-electron chi connectivity index (χ1n) is 8.36. The van der Waals surface area contributed by atoms with Crippen LogP contribution in [0.15, 0.2) is 66.7 Å². The number of benzene rings is 3. The summed E-state index contributed by atoms with van der Waals surface area (Å²) in [4.78, 5) is 0. The number of aryl methyl sites for hydroxylation is 1. The van der Waals surface area contributed by atoms with Gasteiger partial charge in [-0.3, -0.25) is 0 Å². The standard InChI is InChI=1S/C23H24O/c1-16-8-5-9-17(14-16)20-12-7-13-21(22(20)24)18-10-6-11-19(15-18)23(2,3)4/h5-15,24H,1-4H3. The molecule has 1 nitrogen and oxygen atoms in total. The number of phenolic OH excluding ortho intramolecular Hbond substituents is 1. The van der Waals surface area contributed by atoms with Crippen molar-refractivity contribution < 1.29 is 5.11 Å². The van der Waals surface area contributed by atoms with Crippen LogP contribution < -0.4 is 0 Å². The second kappa shape index (κ2) is 6.16. The summed E-state index contributed by atoms with van der Waals surface area (Å²) in [6.07, 6.45) is 0. The molecule has 24 heavy (non-hydrogen) atoms. The van der Waals surface area contributed by atoms with E-state index in [0.29, 0.717) is 5.75 Å². The van der Waals surface area contributed by atoms with Gasteiger partial charge in [0.05, 0.1) is 0 Å². The van der Waals surface area contributed by atoms with Crippen molar-refractivity contribution in [2.45, 2.75) is 33.1 Å². The number of hydrogen-bond acceptors (Lipinski definition) is 1. The van der Waals surface area contributed by atoms with Gasteiger partial charge in [0.2, 0.25) is 0 Å². The molecule has 0 radical (unpaired) electrons. The Kier molecular flexibility index (Phi) is 4.19. The zero-order chi connectivity index (χ0) is 17.3. The van der Waals surface area contributed by atoms with Crippen LogP contribution >= 0.6 is 0 Å². The number of phenols is 1. The summed E-state index contributed by atoms with van der Waals surface area (Å²) < 4.78 is 0. The Bertz CT molecular complexity index is 869. The fourth-order valence-electron chi connectivity index (χ4n) is 2.98. The fourth-order valence-corrected chi connectivity index (χ4v) is 2.98. The Morgan fingerprint density at radius 1 is 0.708 bits per heavy atom. The van der Waals surface area contributed by atoms with E-state index in [9.17, 15) is 5.11 Å². The lowest BCUT2D eigenvalue weighted by molar-refractivity contribution is 0.479. The minimum Gasteiger partial charge on any atom is -0.507 e. The SMILES string of the molecule is Cc1cccc(-c2cccc(-c3cccc(C(C)(C)C)c3)c2O)c1. The van der Waals surface area contributed by atoms with Crippen molar-refractivity contribution in [2.24, 2.45) is 0 Å². The summed E-state index contributed by atoms with van der Waals surface area (Å²) in [6.45, 7) is 8.68. The topological polar surface area (TPSA) is 20.2 Å². The third kappa shape index (κ3) is 3.21. The van der Waals surface area contributed by atoms with Gasteiger partial charge < -0.3 is 5.11 Å². The molecule has 0 aliphatic carbocycles. The molecule has 3 aromatic rings. The molecule has 122 valence electrons. The van der Waals surface area contributed by atoms with Crippen LogP contribution in [0, 0.1) is 6.92 Å². The van der Waals surface area contributed by atoms with Gasteiger partial charge in [0, 0.05) is 11.1 Å². The molecular weight excluding hydrogens is 292 g/mol. The third-order valence-corrected chi connectivity index (χ3v) is 4.40. The highest BCUT2D eigenvalue weighted by Crippen LogP contribution is 2.39. The zero-order valence-electron chi connectivity index (χ0n) is 14.8. The molecule has 1 heteroatoms. The van der Waals surface area contributed by atoms with Crippen LogP contribution in [0.25, 0.3) is 22.3 Å². The zero-order valence-corrected chi connectivity index (χ0v) is 14.8. The predicted molar refractivity (Wildman–Crippen MR) is 102 cm³/mol. The van der Waals surface area contributed by atoms with Crippen LogP contribution in [0.1, 0.15) is 31.9 Å². The molecule has 0 aromatic heterocycles. The molecule has 3 rings (SSSR count). The van der Waals surface area contributed by atoms with E-state index in [2.05, 4.69) is 64.1 Å². The lowest BCUT2D eigenvalue weighted by Crippen LogP contribution is -2.10. The maximum absolute atomic E-state index is 10.9. The minimum atomic E-state index is 0.0831. The first-order chi connectivity index (χ1) is 11.4. The second-order valence-corrected chi connectivity index (χ2v) is 7.40. The van der Waals surface area contributed by atoms with Crippen molar-refractivity contribution in [3.05, 3.63) is 77.9 Å². The lowest BCUT2D eigenvalue weighted by Gasteiger charge is -2.20. The van der Waals surface area contributed by atoms with Gasteiger partial charge in [-0.1, -0.05) is 93.1 Å². The van der Waals surface area contributed by atoms with Gasteiger partial charge in [-0.15, -0.1) is 0 Å². The van der Waals surface area contributed by atoms with Crippen molar-refractivity contribution >= 4 is 0 Å². The van der Waals surface area contributed by atoms with Crippen LogP contribution in [-0.2, 0) is 5.41 Å². The number of rotatable bonds is 2. The molecule has 0 aliphatic heterocycles. The second-order valence-electron chi connectivity index (χ2n) is 7.40. The smallest absolute Gasteiger partial charge is 0.131 e. The van der Waals surface area contributed by atoms with Gasteiger partial charge in [-0.2, -0.15) is 0 Å². The minimum absolute atomic E-state index is 0.0831. The molecule has 1 N–H and O–H groups in total. The Labute approximate surface area is 144 Å². The molecule has 0 amide bonds. The quantitative estimate of drug-likeness (QED) is 0.585. The van der Waals surface area contributed by atoms with Crippen LogP contribution in [0.2, 0.25) is 0 Å². The summed E-state index contributed by atoms with van der Waals surface area (Å²) in [5.74, 6) is 0.342. The molecule has 0 atom stereocenters. The summed E-state index contributed by atoms with van der Waals surface area (Å²) in [5, 5.41) is 10.9. The van der Waals surface area contributed by atoms with Crippen molar-refractivity contribution in [1.82, 2.24) is 0 Å². The molecule has 0 saturated carbocycles. The van der Waals surface area contributed by atoms with Crippen molar-refractivity contribution in [3.8, 4) is 28.0 Å². The number of hydrogen-bond donors (Lipinski definition) is 1. The predicted octanol–water partition coefficient (Wildman–Crippen LogP) is 6.33. The average Bonchev–Trinajstić information content (AvgIpc) is 2.54. The van der Waals surface area contributed by atoms with Crippen molar-refractivity contribution in [2.75, 3.05) is 0 Å². The Balaban J connectivity index is 2.12. The molecule has 0 aliphatic rings. The Morgan fingerprint density at radius 3 is 1.83 bits per heavy atom. The normalized spacial score (nSPS) is 11.5. The van der Waals surface area contributed by atoms with E-state index in [0.717, 1.165) is 22.3 Å². The summed E-state index contributed by atoms with van der Waals surface area (Å²) in [5.41, 5.74) is 6.38. The maximum Gasteiger partial charge on any atom is 0.131 e. The van der Waals surface area contributed by atoms with Crippen molar-refractivity contribution in [3.63, 3.8) is 0 Å². The van der Waals surface area contributed by atoms with Gasteiger partial charge in [0.15, 0.2) is 0 Å². The average molecular weight is 316 g/mol. The monoisotopic (exact) mass is 316 g/mol. The molecule has 0 spiro atoms. The highest BCUT2D eigenvalue weighted by atomic mass is 16.3. The van der Waals surface area contributed by atoms with Gasteiger partial charge >= 0.3 is 0 Å².